The Kier molecular flexibility index (Phi) is 4.55. The van der Waals surface area contributed by atoms with Gasteiger partial charge in [-0.1, -0.05) is 12.1 Å². The molecule has 0 bridgehead atoms. The quantitative estimate of drug-likeness (QED) is 0.882. The van der Waals surface area contributed by atoms with Gasteiger partial charge in [0, 0.05) is 7.05 Å². The van der Waals surface area contributed by atoms with E-state index in [1.165, 1.54) is 28.9 Å². The topological polar surface area (TPSA) is 84.2 Å². The highest BCUT2D eigenvalue weighted by Crippen LogP contribution is 2.18. The number of aromatic nitrogens is 2. The van der Waals surface area contributed by atoms with E-state index in [1.54, 1.807) is 20.0 Å². The maximum atomic E-state index is 13.0. The summed E-state index contributed by atoms with van der Waals surface area (Å²) >= 11 is 0. The lowest BCUT2D eigenvalue weighted by Crippen LogP contribution is -2.31. The first-order valence-corrected chi connectivity index (χ1v) is 6.65. The summed E-state index contributed by atoms with van der Waals surface area (Å²) in [6.45, 7) is 1.76. The fraction of sp³-hybridized carbons (Fsp3) is 0.267. The van der Waals surface area contributed by atoms with E-state index in [-0.39, 0.29) is 6.42 Å². The van der Waals surface area contributed by atoms with Crippen molar-refractivity contribution in [1.82, 2.24) is 15.1 Å². The largest absolute Gasteiger partial charge is 0.481 e. The zero-order valence-electron chi connectivity index (χ0n) is 12.2. The number of carboxylic acid groups (broad SMARTS) is 1. The molecule has 6 nitrogen and oxygen atoms in total. The molecule has 22 heavy (non-hydrogen) atoms. The maximum absolute atomic E-state index is 13.0. The van der Waals surface area contributed by atoms with E-state index in [0.717, 1.165) is 0 Å². The minimum atomic E-state index is -1.06. The number of aryl methyl sites for hydroxylation is 2. The van der Waals surface area contributed by atoms with Crippen molar-refractivity contribution < 1.29 is 19.1 Å². The molecule has 2 rings (SSSR count). The number of rotatable bonds is 5. The summed E-state index contributed by atoms with van der Waals surface area (Å²) < 4.78 is 14.4. The van der Waals surface area contributed by atoms with E-state index >= 15 is 0 Å². The average Bonchev–Trinajstić information content (AvgIpc) is 2.77. The second-order valence-corrected chi connectivity index (χ2v) is 4.97. The highest BCUT2D eigenvalue weighted by Gasteiger charge is 2.21. The van der Waals surface area contributed by atoms with Gasteiger partial charge in [-0.3, -0.25) is 14.3 Å². The zero-order valence-corrected chi connectivity index (χ0v) is 12.2. The van der Waals surface area contributed by atoms with Crippen LogP contribution in [0.2, 0.25) is 0 Å². The number of halogens is 1. The van der Waals surface area contributed by atoms with Crippen LogP contribution in [0.1, 0.15) is 34.2 Å². The van der Waals surface area contributed by atoms with Crippen LogP contribution in [0.3, 0.4) is 0 Å². The minimum Gasteiger partial charge on any atom is -0.481 e. The SMILES string of the molecule is Cc1cc(C(=O)N[C@@H](CC(=O)O)c2ccc(F)cc2)n(C)n1. The molecule has 0 unspecified atom stereocenters. The van der Waals surface area contributed by atoms with Gasteiger partial charge in [0.25, 0.3) is 5.91 Å². The second-order valence-electron chi connectivity index (χ2n) is 4.97. The van der Waals surface area contributed by atoms with Gasteiger partial charge in [-0.25, -0.2) is 4.39 Å². The minimum absolute atomic E-state index is 0.297. The van der Waals surface area contributed by atoms with Crippen molar-refractivity contribution in [2.24, 2.45) is 7.05 Å². The van der Waals surface area contributed by atoms with Crippen LogP contribution in [0.25, 0.3) is 0 Å². The molecule has 7 heteroatoms. The Labute approximate surface area is 126 Å². The van der Waals surface area contributed by atoms with Gasteiger partial charge in [0.1, 0.15) is 11.5 Å². The van der Waals surface area contributed by atoms with Gasteiger partial charge in [0.05, 0.1) is 18.2 Å². The highest BCUT2D eigenvalue weighted by atomic mass is 19.1. The average molecular weight is 305 g/mol. The Morgan fingerprint density at radius 2 is 2.00 bits per heavy atom. The Bertz CT molecular complexity index is 695. The number of nitrogens with one attached hydrogen (secondary N) is 1. The maximum Gasteiger partial charge on any atom is 0.305 e. The van der Waals surface area contributed by atoms with Crippen LogP contribution >= 0.6 is 0 Å². The van der Waals surface area contributed by atoms with E-state index in [4.69, 9.17) is 5.11 Å². The molecule has 1 amide bonds. The van der Waals surface area contributed by atoms with Gasteiger partial charge in [-0.15, -0.1) is 0 Å². The molecule has 1 aromatic carbocycles. The van der Waals surface area contributed by atoms with E-state index in [9.17, 15) is 14.0 Å². The highest BCUT2D eigenvalue weighted by molar-refractivity contribution is 5.93. The first-order chi connectivity index (χ1) is 10.4. The Morgan fingerprint density at radius 1 is 1.36 bits per heavy atom. The third-order valence-corrected chi connectivity index (χ3v) is 3.19. The number of aliphatic carboxylic acids is 1. The second kappa shape index (κ2) is 6.38. The van der Waals surface area contributed by atoms with Gasteiger partial charge in [-0.2, -0.15) is 5.10 Å². The zero-order chi connectivity index (χ0) is 16.3. The van der Waals surface area contributed by atoms with Crippen LogP contribution in [-0.2, 0) is 11.8 Å². The van der Waals surface area contributed by atoms with Gasteiger partial charge in [-0.05, 0) is 30.7 Å². The smallest absolute Gasteiger partial charge is 0.305 e. The first kappa shape index (κ1) is 15.7. The van der Waals surface area contributed by atoms with Crippen molar-refractivity contribution in [1.29, 1.82) is 0 Å². The van der Waals surface area contributed by atoms with Crippen molar-refractivity contribution >= 4 is 11.9 Å². The molecular formula is C15H16FN3O3. The number of amides is 1. The number of carbonyl (C=O) groups is 2. The number of hydrogen-bond acceptors (Lipinski definition) is 3. The number of carbonyl (C=O) groups excluding carboxylic acids is 1. The van der Waals surface area contributed by atoms with E-state index in [0.29, 0.717) is 17.0 Å². The molecule has 2 N–H and O–H groups in total. The van der Waals surface area contributed by atoms with Crippen LogP contribution in [0.15, 0.2) is 30.3 Å². The number of nitrogens with zero attached hydrogens (tertiary/aromatic N) is 2. The lowest BCUT2D eigenvalue weighted by Gasteiger charge is -2.17. The van der Waals surface area contributed by atoms with Gasteiger partial charge in [0.15, 0.2) is 0 Å². The summed E-state index contributed by atoms with van der Waals surface area (Å²) in [5.74, 6) is -1.92. The molecule has 0 saturated heterocycles. The molecule has 0 saturated carbocycles. The number of carboxylic acids is 1. The van der Waals surface area contributed by atoms with Crippen molar-refractivity contribution in [3.63, 3.8) is 0 Å². The monoisotopic (exact) mass is 305 g/mol. The molecule has 1 heterocycles. The van der Waals surface area contributed by atoms with Crippen molar-refractivity contribution in [3.05, 3.63) is 53.1 Å². The van der Waals surface area contributed by atoms with Crippen LogP contribution in [0, 0.1) is 12.7 Å². The lowest BCUT2D eigenvalue weighted by molar-refractivity contribution is -0.137. The molecule has 0 fully saturated rings. The summed E-state index contributed by atoms with van der Waals surface area (Å²) in [4.78, 5) is 23.3. The molecule has 2 aromatic rings. The summed E-state index contributed by atoms with van der Waals surface area (Å²) in [7, 11) is 1.63. The molecule has 1 atom stereocenters. The van der Waals surface area contributed by atoms with Crippen LogP contribution in [-0.4, -0.2) is 26.8 Å². The van der Waals surface area contributed by atoms with E-state index in [1.807, 2.05) is 0 Å². The molecule has 0 aliphatic rings. The lowest BCUT2D eigenvalue weighted by atomic mass is 10.0. The summed E-state index contributed by atoms with van der Waals surface area (Å²) in [5.41, 5.74) is 1.54. The van der Waals surface area contributed by atoms with Gasteiger partial charge < -0.3 is 10.4 Å². The number of benzene rings is 1. The van der Waals surface area contributed by atoms with Crippen LogP contribution in [0.4, 0.5) is 4.39 Å². The Balaban J connectivity index is 2.23. The van der Waals surface area contributed by atoms with Crippen LogP contribution < -0.4 is 5.32 Å². The fourth-order valence-corrected chi connectivity index (χ4v) is 2.18. The predicted octanol–water partition coefficient (Wildman–Crippen LogP) is 1.81. The third-order valence-electron chi connectivity index (χ3n) is 3.19. The molecular weight excluding hydrogens is 289 g/mol. The third kappa shape index (κ3) is 3.69. The summed E-state index contributed by atoms with van der Waals surface area (Å²) in [6.07, 6.45) is -0.297. The molecule has 0 spiro atoms. The van der Waals surface area contributed by atoms with E-state index in [2.05, 4.69) is 10.4 Å². The molecule has 0 aliphatic carbocycles. The molecule has 116 valence electrons. The van der Waals surface area contributed by atoms with Crippen molar-refractivity contribution in [2.75, 3.05) is 0 Å². The van der Waals surface area contributed by atoms with Crippen LogP contribution in [0.5, 0.6) is 0 Å². The standard InChI is InChI=1S/C15H16FN3O3/c1-9-7-13(19(2)18-9)15(22)17-12(8-14(20)21)10-3-5-11(16)6-4-10/h3-7,12H,8H2,1-2H3,(H,17,22)(H,20,21)/t12-/m0/s1. The molecule has 0 radical (unpaired) electrons. The number of hydrogen-bond donors (Lipinski definition) is 2. The van der Waals surface area contributed by atoms with Crippen molar-refractivity contribution in [3.8, 4) is 0 Å². The predicted molar refractivity (Wildman–Crippen MR) is 76.8 cm³/mol. The normalized spacial score (nSPS) is 12.0. The van der Waals surface area contributed by atoms with Gasteiger partial charge in [0.2, 0.25) is 0 Å². The molecule has 1 aromatic heterocycles. The molecule has 0 aliphatic heterocycles. The fourth-order valence-electron chi connectivity index (χ4n) is 2.18. The van der Waals surface area contributed by atoms with E-state index < -0.39 is 23.7 Å². The summed E-state index contributed by atoms with van der Waals surface area (Å²) in [5, 5.41) is 15.7. The summed E-state index contributed by atoms with van der Waals surface area (Å²) in [6, 6.07) is 6.23. The first-order valence-electron chi connectivity index (χ1n) is 6.65. The Hall–Kier alpha value is -2.70. The van der Waals surface area contributed by atoms with Crippen molar-refractivity contribution in [2.45, 2.75) is 19.4 Å². The Morgan fingerprint density at radius 3 is 2.50 bits per heavy atom. The van der Waals surface area contributed by atoms with Gasteiger partial charge >= 0.3 is 5.97 Å².